The number of benzene rings is 2. The van der Waals surface area contributed by atoms with Gasteiger partial charge in [0.2, 0.25) is 0 Å². The van der Waals surface area contributed by atoms with Gasteiger partial charge < -0.3 is 11.1 Å². The first kappa shape index (κ1) is 39.7. The van der Waals surface area contributed by atoms with E-state index in [1.165, 1.54) is 69.7 Å². The monoisotopic (exact) mass is 697 g/mol. The van der Waals surface area contributed by atoms with Gasteiger partial charge in [-0.25, -0.2) is 18.7 Å². The van der Waals surface area contributed by atoms with Crippen LogP contribution in [0, 0.1) is 29.9 Å². The molecule has 2 aromatic heterocycles. The van der Waals surface area contributed by atoms with Crippen LogP contribution >= 0.6 is 0 Å². The van der Waals surface area contributed by atoms with Crippen LogP contribution < -0.4 is 21.5 Å². The molecule has 7 nitrogen and oxygen atoms in total. The largest absolute Gasteiger partial charge is 0.383 e. The Labute approximate surface area is 303 Å². The fourth-order valence-electron chi connectivity index (χ4n) is 7.52. The normalized spacial score (nSPS) is 15.5. The van der Waals surface area contributed by atoms with Crippen molar-refractivity contribution < 1.29 is 8.78 Å². The quantitative estimate of drug-likeness (QED) is 0.135. The molecule has 0 atom stereocenters. The molecule has 2 aliphatic rings. The van der Waals surface area contributed by atoms with Crippen molar-refractivity contribution in [2.24, 2.45) is 13.0 Å². The zero-order valence-electron chi connectivity index (χ0n) is 31.6. The smallest absolute Gasteiger partial charge is 0.159 e. The highest BCUT2D eigenvalue weighted by atomic mass is 19.1. The van der Waals surface area contributed by atoms with Gasteiger partial charge in [-0.15, -0.1) is 13.0 Å². The Morgan fingerprint density at radius 3 is 2.39 bits per heavy atom. The summed E-state index contributed by atoms with van der Waals surface area (Å²) < 4.78 is 32.3. The number of nitrogens with zero attached hydrogens (tertiary/aromatic N) is 5. The number of rotatable bonds is 10. The maximum absolute atomic E-state index is 16.3. The summed E-state index contributed by atoms with van der Waals surface area (Å²) in [6.45, 7) is 21.7. The molecule has 2 aromatic carbocycles. The van der Waals surface area contributed by atoms with Crippen LogP contribution in [0.1, 0.15) is 103 Å². The molecule has 51 heavy (non-hydrogen) atoms. The molecule has 2 fully saturated rings. The summed E-state index contributed by atoms with van der Waals surface area (Å²) in [6.07, 6.45) is 20.8. The number of terminal acetylenes is 1. The molecule has 0 spiro atoms. The van der Waals surface area contributed by atoms with Crippen molar-refractivity contribution in [3.05, 3.63) is 70.0 Å². The third-order valence-corrected chi connectivity index (χ3v) is 10.3. The molecule has 0 saturated carbocycles. The highest BCUT2D eigenvalue weighted by Crippen LogP contribution is 2.42. The second-order valence-corrected chi connectivity index (χ2v) is 14.3. The van der Waals surface area contributed by atoms with Crippen LogP contribution in [0.2, 0.25) is 0 Å². The van der Waals surface area contributed by atoms with Crippen molar-refractivity contribution in [2.75, 3.05) is 25.4 Å². The molecule has 0 bridgehead atoms. The molecule has 0 amide bonds. The van der Waals surface area contributed by atoms with Gasteiger partial charge in [0, 0.05) is 47.4 Å². The Balaban J connectivity index is 0.000000355. The van der Waals surface area contributed by atoms with E-state index < -0.39 is 11.6 Å². The number of aromatic nitrogens is 4. The van der Waals surface area contributed by atoms with E-state index in [2.05, 4.69) is 72.1 Å². The molecule has 6 rings (SSSR count). The molecule has 0 unspecified atom stereocenters. The summed E-state index contributed by atoms with van der Waals surface area (Å²) in [7, 11) is 1.75. The number of nitrogens with two attached hydrogens (primary N) is 1. The van der Waals surface area contributed by atoms with Gasteiger partial charge in [-0.3, -0.25) is 9.58 Å². The Hall–Kier alpha value is -4.13. The number of anilines is 1. The third kappa shape index (κ3) is 9.03. The Morgan fingerprint density at radius 2 is 1.78 bits per heavy atom. The maximum Gasteiger partial charge on any atom is 0.159 e. The maximum atomic E-state index is 16.3. The lowest BCUT2D eigenvalue weighted by molar-refractivity contribution is 0.182. The molecule has 2 saturated heterocycles. The van der Waals surface area contributed by atoms with Crippen LogP contribution in [0.15, 0.2) is 31.0 Å². The van der Waals surface area contributed by atoms with Gasteiger partial charge in [-0.05, 0) is 101 Å². The van der Waals surface area contributed by atoms with E-state index in [1.807, 2.05) is 6.92 Å². The minimum absolute atomic E-state index is 0.0240. The van der Waals surface area contributed by atoms with Crippen LogP contribution in [-0.4, -0.2) is 55.9 Å². The minimum Gasteiger partial charge on any atom is -0.383 e. The number of allylic oxidation sites excluding steroid dienone is 1. The van der Waals surface area contributed by atoms with E-state index in [0.717, 1.165) is 31.5 Å². The first-order chi connectivity index (χ1) is 24.4. The van der Waals surface area contributed by atoms with E-state index in [0.29, 0.717) is 39.0 Å². The van der Waals surface area contributed by atoms with Gasteiger partial charge in [0.15, 0.2) is 5.82 Å². The van der Waals surface area contributed by atoms with Gasteiger partial charge in [-0.1, -0.05) is 52.3 Å². The first-order valence-electron chi connectivity index (χ1n) is 18.6. The summed E-state index contributed by atoms with van der Waals surface area (Å²) >= 11 is 0. The third-order valence-electron chi connectivity index (χ3n) is 10.3. The van der Waals surface area contributed by atoms with E-state index in [9.17, 15) is 4.39 Å². The predicted molar refractivity (Wildman–Crippen MR) is 210 cm³/mol. The van der Waals surface area contributed by atoms with Crippen molar-refractivity contribution in [3.8, 4) is 12.3 Å². The molecule has 274 valence electrons. The zero-order valence-corrected chi connectivity index (χ0v) is 31.6. The number of hydrogen-bond donors (Lipinski definition) is 2. The van der Waals surface area contributed by atoms with Gasteiger partial charge in [0.05, 0.1) is 10.9 Å². The van der Waals surface area contributed by atoms with Crippen molar-refractivity contribution in [3.63, 3.8) is 0 Å². The molecule has 0 aliphatic carbocycles. The lowest BCUT2D eigenvalue weighted by atomic mass is 9.88. The average molecular weight is 698 g/mol. The summed E-state index contributed by atoms with van der Waals surface area (Å²) in [5.74, 6) is 2.79. The molecule has 9 heteroatoms. The Kier molecular flexibility index (Phi) is 13.9. The van der Waals surface area contributed by atoms with Crippen molar-refractivity contribution >= 4 is 40.3 Å². The summed E-state index contributed by atoms with van der Waals surface area (Å²) in [4.78, 5) is 11.9. The zero-order chi connectivity index (χ0) is 37.3. The van der Waals surface area contributed by atoms with Crippen molar-refractivity contribution in [1.29, 1.82) is 0 Å². The molecule has 3 N–H and O–H groups in total. The van der Waals surface area contributed by atoms with Gasteiger partial charge in [-0.2, -0.15) is 5.10 Å². The second kappa shape index (κ2) is 17.9. The van der Waals surface area contributed by atoms with Gasteiger partial charge in [0.1, 0.15) is 28.5 Å². The lowest BCUT2D eigenvalue weighted by Gasteiger charge is -2.32. The van der Waals surface area contributed by atoms with E-state index in [-0.39, 0.29) is 28.0 Å². The number of halogens is 2. The van der Waals surface area contributed by atoms with Crippen LogP contribution in [-0.2, 0) is 13.5 Å². The molecule has 0 radical (unpaired) electrons. The van der Waals surface area contributed by atoms with Crippen molar-refractivity contribution in [1.82, 2.24) is 30.0 Å². The molecule has 2 aliphatic heterocycles. The number of fused-ring (bicyclic) bond motifs is 4. The standard InChI is InChI=1S/C29H28F2N6.C10H23N.C3H6/c1-4-18-19(17(2)7-8-22(18)30)15-20-25(31)27-24(21-16-36(3)35-26(20)21)28(32)34-23(33-27)9-12-29-10-5-13-37(29)14-6-11-29;1-5-10(6-2)11-8-7-9(3)4;1-3-2/h1,7-8,15-16H,2,5-6,9-14H2,3H3,(H2,32,33,34);9-11H,5-8H2,1-4H3;3H,1H2,2H3/b19-15-;;. The first-order valence-corrected chi connectivity index (χ1v) is 18.6. The average Bonchev–Trinajstić information content (AvgIpc) is 3.80. The number of aryl methyl sites for hydroxylation is 2. The highest BCUT2D eigenvalue weighted by molar-refractivity contribution is 6.12. The predicted octanol–water partition coefficient (Wildman–Crippen LogP) is 7.16. The van der Waals surface area contributed by atoms with Crippen LogP contribution in [0.5, 0.6) is 0 Å². The summed E-state index contributed by atoms with van der Waals surface area (Å²) in [5.41, 5.74) is 7.31. The molecule has 4 heterocycles. The SMILES string of the molecule is C#Cc1c(F)ccc(=C)/c1=C/c1c(F)c2nc(CCC34CCCN3CCC4)nc(N)c2c2cn(C)nc12.C=CC.CCC(CC)NCCC(C)C. The van der Waals surface area contributed by atoms with Crippen LogP contribution in [0.3, 0.4) is 0 Å². The second-order valence-electron chi connectivity index (χ2n) is 14.3. The number of hydrogen-bond acceptors (Lipinski definition) is 6. The fourth-order valence-corrected chi connectivity index (χ4v) is 7.52. The lowest BCUT2D eigenvalue weighted by Crippen LogP contribution is -2.38. The molecular weight excluding hydrogens is 641 g/mol. The van der Waals surface area contributed by atoms with Crippen molar-refractivity contribution in [2.45, 2.75) is 104 Å². The van der Waals surface area contributed by atoms with Crippen LogP contribution in [0.25, 0.3) is 34.5 Å². The van der Waals surface area contributed by atoms with E-state index >= 15 is 4.39 Å². The summed E-state index contributed by atoms with van der Waals surface area (Å²) in [5, 5.41) is 9.89. The van der Waals surface area contributed by atoms with E-state index in [4.69, 9.17) is 12.2 Å². The topological polar surface area (TPSA) is 84.9 Å². The van der Waals surface area contributed by atoms with E-state index in [1.54, 1.807) is 24.0 Å². The highest BCUT2D eigenvalue weighted by Gasteiger charge is 2.43. The minimum atomic E-state index is -0.593. The number of nitrogens with one attached hydrogen (secondary N) is 1. The van der Waals surface area contributed by atoms with Gasteiger partial charge >= 0.3 is 0 Å². The fraction of sp³-hybridized carbons (Fsp3) is 0.500. The molecule has 4 aromatic rings. The Bertz CT molecular complexity index is 1960. The van der Waals surface area contributed by atoms with Gasteiger partial charge in [0.25, 0.3) is 0 Å². The molecular formula is C42H57F2N7. The number of nitrogen functional groups attached to an aromatic ring is 1. The van der Waals surface area contributed by atoms with Crippen LogP contribution in [0.4, 0.5) is 14.6 Å². The Morgan fingerprint density at radius 1 is 1.12 bits per heavy atom. The summed E-state index contributed by atoms with van der Waals surface area (Å²) in [6, 6.07) is 3.52.